The average molecular weight is 315 g/mol. The van der Waals surface area contributed by atoms with Gasteiger partial charge < -0.3 is 14.8 Å². The summed E-state index contributed by atoms with van der Waals surface area (Å²) in [4.78, 5) is 12.1. The maximum absolute atomic E-state index is 5.92. The third-order valence-corrected chi connectivity index (χ3v) is 2.95. The van der Waals surface area contributed by atoms with Crippen LogP contribution in [0.5, 0.6) is 17.8 Å². The number of methoxy groups -OCH3 is 1. The SMILES string of the molecule is CCNc1nc(OC)nc(Oc2ccc(Cl)c(Cl)c2)n1. The minimum Gasteiger partial charge on any atom is -0.467 e. The van der Waals surface area contributed by atoms with E-state index in [2.05, 4.69) is 20.3 Å². The Morgan fingerprint density at radius 2 is 1.85 bits per heavy atom. The largest absolute Gasteiger partial charge is 0.467 e. The topological polar surface area (TPSA) is 69.2 Å². The van der Waals surface area contributed by atoms with Gasteiger partial charge in [-0.2, -0.15) is 9.97 Å². The fraction of sp³-hybridized carbons (Fsp3) is 0.250. The lowest BCUT2D eigenvalue weighted by atomic mass is 10.3. The van der Waals surface area contributed by atoms with Gasteiger partial charge in [-0.05, 0) is 19.1 Å². The number of halogens is 2. The average Bonchev–Trinajstić information content (AvgIpc) is 2.43. The molecule has 0 saturated carbocycles. The summed E-state index contributed by atoms with van der Waals surface area (Å²) < 4.78 is 10.5. The van der Waals surface area contributed by atoms with E-state index in [0.717, 1.165) is 0 Å². The molecule has 0 unspecified atom stereocenters. The second-order valence-electron chi connectivity index (χ2n) is 3.64. The summed E-state index contributed by atoms with van der Waals surface area (Å²) >= 11 is 11.8. The molecule has 0 amide bonds. The number of ether oxygens (including phenoxy) is 2. The first-order chi connectivity index (χ1) is 9.62. The molecule has 0 aliphatic heterocycles. The maximum atomic E-state index is 5.92. The molecule has 2 rings (SSSR count). The van der Waals surface area contributed by atoms with Crippen LogP contribution in [0, 0.1) is 0 Å². The molecule has 0 aliphatic carbocycles. The smallest absolute Gasteiger partial charge is 0.330 e. The van der Waals surface area contributed by atoms with E-state index in [1.54, 1.807) is 18.2 Å². The van der Waals surface area contributed by atoms with Crippen LogP contribution in [0.2, 0.25) is 10.0 Å². The van der Waals surface area contributed by atoms with Crippen LogP contribution in [-0.4, -0.2) is 28.6 Å². The van der Waals surface area contributed by atoms with Gasteiger partial charge in [-0.1, -0.05) is 23.2 Å². The van der Waals surface area contributed by atoms with Crippen LogP contribution < -0.4 is 14.8 Å². The van der Waals surface area contributed by atoms with Gasteiger partial charge in [-0.25, -0.2) is 0 Å². The van der Waals surface area contributed by atoms with Crippen molar-refractivity contribution >= 4 is 29.2 Å². The van der Waals surface area contributed by atoms with Crippen molar-refractivity contribution in [2.24, 2.45) is 0 Å². The molecule has 0 fully saturated rings. The summed E-state index contributed by atoms with van der Waals surface area (Å²) in [5, 5.41) is 3.79. The first-order valence-electron chi connectivity index (χ1n) is 5.79. The number of nitrogens with one attached hydrogen (secondary N) is 1. The van der Waals surface area contributed by atoms with Gasteiger partial charge in [0, 0.05) is 12.6 Å². The van der Waals surface area contributed by atoms with E-state index < -0.39 is 0 Å². The molecular weight excluding hydrogens is 303 g/mol. The van der Waals surface area contributed by atoms with Gasteiger partial charge in [0.05, 0.1) is 17.2 Å². The molecule has 1 aromatic heterocycles. The minimum absolute atomic E-state index is 0.103. The second-order valence-corrected chi connectivity index (χ2v) is 4.45. The molecule has 20 heavy (non-hydrogen) atoms. The molecule has 0 aliphatic rings. The van der Waals surface area contributed by atoms with E-state index in [0.29, 0.717) is 28.3 Å². The number of nitrogens with zero attached hydrogens (tertiary/aromatic N) is 3. The zero-order chi connectivity index (χ0) is 14.5. The zero-order valence-corrected chi connectivity index (χ0v) is 12.4. The van der Waals surface area contributed by atoms with Crippen molar-refractivity contribution in [3.63, 3.8) is 0 Å². The summed E-state index contributed by atoms with van der Waals surface area (Å²) in [6, 6.07) is 5.13. The molecule has 106 valence electrons. The van der Waals surface area contributed by atoms with Gasteiger partial charge in [-0.3, -0.25) is 0 Å². The lowest BCUT2D eigenvalue weighted by Crippen LogP contribution is -2.06. The van der Waals surface area contributed by atoms with E-state index >= 15 is 0 Å². The number of benzene rings is 1. The summed E-state index contributed by atoms with van der Waals surface area (Å²) in [7, 11) is 1.47. The highest BCUT2D eigenvalue weighted by Crippen LogP contribution is 2.28. The zero-order valence-electron chi connectivity index (χ0n) is 10.9. The molecule has 1 heterocycles. The van der Waals surface area contributed by atoms with E-state index in [4.69, 9.17) is 32.7 Å². The maximum Gasteiger partial charge on any atom is 0.330 e. The summed E-state index contributed by atoms with van der Waals surface area (Å²) in [5.41, 5.74) is 0. The lowest BCUT2D eigenvalue weighted by Gasteiger charge is -2.08. The molecule has 1 aromatic carbocycles. The Hall–Kier alpha value is -1.79. The second kappa shape index (κ2) is 6.58. The molecule has 0 radical (unpaired) electrons. The van der Waals surface area contributed by atoms with Crippen molar-refractivity contribution in [2.75, 3.05) is 19.0 Å². The monoisotopic (exact) mass is 314 g/mol. The Morgan fingerprint density at radius 1 is 1.10 bits per heavy atom. The first-order valence-corrected chi connectivity index (χ1v) is 6.54. The van der Waals surface area contributed by atoms with Crippen LogP contribution in [0.25, 0.3) is 0 Å². The molecule has 2 aromatic rings. The van der Waals surface area contributed by atoms with Crippen molar-refractivity contribution in [3.8, 4) is 17.8 Å². The fourth-order valence-corrected chi connectivity index (χ4v) is 1.65. The predicted molar refractivity (Wildman–Crippen MR) is 77.1 cm³/mol. The van der Waals surface area contributed by atoms with Crippen LogP contribution in [0.4, 0.5) is 5.95 Å². The first kappa shape index (κ1) is 14.6. The molecule has 1 N–H and O–H groups in total. The van der Waals surface area contributed by atoms with Crippen LogP contribution in [0.3, 0.4) is 0 Å². The summed E-state index contributed by atoms with van der Waals surface area (Å²) in [6.07, 6.45) is 0. The van der Waals surface area contributed by atoms with E-state index in [-0.39, 0.29) is 12.0 Å². The Morgan fingerprint density at radius 3 is 2.50 bits per heavy atom. The van der Waals surface area contributed by atoms with Crippen molar-refractivity contribution in [3.05, 3.63) is 28.2 Å². The summed E-state index contributed by atoms with van der Waals surface area (Å²) in [5.74, 6) is 0.838. The van der Waals surface area contributed by atoms with Crippen LogP contribution in [-0.2, 0) is 0 Å². The van der Waals surface area contributed by atoms with Gasteiger partial charge in [0.2, 0.25) is 5.95 Å². The van der Waals surface area contributed by atoms with Gasteiger partial charge in [-0.15, -0.1) is 4.98 Å². The number of rotatable bonds is 5. The van der Waals surface area contributed by atoms with Crippen LogP contribution in [0.15, 0.2) is 18.2 Å². The minimum atomic E-state index is 0.103. The lowest BCUT2D eigenvalue weighted by molar-refractivity contribution is 0.360. The third-order valence-electron chi connectivity index (χ3n) is 2.21. The molecule has 0 bridgehead atoms. The van der Waals surface area contributed by atoms with Crippen molar-refractivity contribution in [2.45, 2.75) is 6.92 Å². The molecule has 8 heteroatoms. The van der Waals surface area contributed by atoms with E-state index in [9.17, 15) is 0 Å². The number of anilines is 1. The standard InChI is InChI=1S/C12H12Cl2N4O2/c1-3-15-10-16-11(19-2)18-12(17-10)20-7-4-5-8(13)9(14)6-7/h4-6H,3H2,1-2H3,(H,15,16,17,18). The molecule has 0 saturated heterocycles. The van der Waals surface area contributed by atoms with Crippen molar-refractivity contribution in [1.29, 1.82) is 0 Å². The van der Waals surface area contributed by atoms with Crippen molar-refractivity contribution < 1.29 is 9.47 Å². The van der Waals surface area contributed by atoms with Crippen LogP contribution >= 0.6 is 23.2 Å². The van der Waals surface area contributed by atoms with Crippen molar-refractivity contribution in [1.82, 2.24) is 15.0 Å². The highest BCUT2D eigenvalue weighted by atomic mass is 35.5. The predicted octanol–water partition coefficient (Wildman–Crippen LogP) is 3.41. The van der Waals surface area contributed by atoms with E-state index in [1.165, 1.54) is 7.11 Å². The third kappa shape index (κ3) is 3.61. The van der Waals surface area contributed by atoms with Crippen LogP contribution in [0.1, 0.15) is 6.92 Å². The molecule has 0 spiro atoms. The van der Waals surface area contributed by atoms with Gasteiger partial charge >= 0.3 is 12.0 Å². The highest BCUT2D eigenvalue weighted by Gasteiger charge is 2.09. The molecule has 6 nitrogen and oxygen atoms in total. The Balaban J connectivity index is 2.27. The Labute approximate surface area is 126 Å². The number of aromatic nitrogens is 3. The van der Waals surface area contributed by atoms with Gasteiger partial charge in [0.15, 0.2) is 0 Å². The Bertz CT molecular complexity index is 610. The quantitative estimate of drug-likeness (QED) is 0.912. The fourth-order valence-electron chi connectivity index (χ4n) is 1.36. The van der Waals surface area contributed by atoms with E-state index in [1.807, 2.05) is 6.92 Å². The normalized spacial score (nSPS) is 10.2. The van der Waals surface area contributed by atoms with Gasteiger partial charge in [0.25, 0.3) is 0 Å². The summed E-state index contributed by atoms with van der Waals surface area (Å²) in [6.45, 7) is 2.59. The Kier molecular flexibility index (Phi) is 4.81. The highest BCUT2D eigenvalue weighted by molar-refractivity contribution is 6.42. The number of hydrogen-bond acceptors (Lipinski definition) is 6. The molecular formula is C12H12Cl2N4O2. The van der Waals surface area contributed by atoms with Gasteiger partial charge in [0.1, 0.15) is 5.75 Å². The molecule has 0 atom stereocenters. The number of hydrogen-bond donors (Lipinski definition) is 1.